The summed E-state index contributed by atoms with van der Waals surface area (Å²) >= 11 is 0. The van der Waals surface area contributed by atoms with Crippen molar-refractivity contribution in [3.63, 3.8) is 0 Å². The Hall–Kier alpha value is -0.160. The summed E-state index contributed by atoms with van der Waals surface area (Å²) in [5.74, 6) is 0. The molecular formula is C14H30O4. The molecule has 0 spiro atoms. The van der Waals surface area contributed by atoms with Crippen molar-refractivity contribution in [2.24, 2.45) is 0 Å². The van der Waals surface area contributed by atoms with Crippen molar-refractivity contribution in [2.75, 3.05) is 26.4 Å². The van der Waals surface area contributed by atoms with Crippen LogP contribution in [0.25, 0.3) is 0 Å². The number of ether oxygens (including phenoxy) is 4. The maximum absolute atomic E-state index is 5.72. The Morgan fingerprint density at radius 1 is 0.611 bits per heavy atom. The third kappa shape index (κ3) is 8.86. The van der Waals surface area contributed by atoms with Crippen molar-refractivity contribution in [3.05, 3.63) is 0 Å². The van der Waals surface area contributed by atoms with Gasteiger partial charge in [-0.1, -0.05) is 26.7 Å². The topological polar surface area (TPSA) is 36.9 Å². The Kier molecular flexibility index (Phi) is 13.2. The first-order valence-corrected chi connectivity index (χ1v) is 7.26. The number of hydrogen-bond acceptors (Lipinski definition) is 4. The molecule has 0 aliphatic rings. The molecule has 0 saturated carbocycles. The molecule has 0 amide bonds. The highest BCUT2D eigenvalue weighted by molar-refractivity contribution is 4.53. The third-order valence-corrected chi connectivity index (χ3v) is 2.44. The normalized spacial score (nSPS) is 11.7. The van der Waals surface area contributed by atoms with E-state index in [-0.39, 0.29) is 0 Å². The van der Waals surface area contributed by atoms with E-state index in [4.69, 9.17) is 18.9 Å². The predicted molar refractivity (Wildman–Crippen MR) is 72.5 cm³/mol. The minimum Gasteiger partial charge on any atom is -0.348 e. The van der Waals surface area contributed by atoms with Crippen LogP contribution in [-0.4, -0.2) is 39.0 Å². The molecule has 0 aromatic rings. The molecule has 0 N–H and O–H groups in total. The van der Waals surface area contributed by atoms with Crippen LogP contribution in [0.5, 0.6) is 0 Å². The number of unbranched alkanes of at least 4 members (excludes halogenated alkanes) is 2. The van der Waals surface area contributed by atoms with Crippen molar-refractivity contribution in [1.82, 2.24) is 0 Å². The van der Waals surface area contributed by atoms with Gasteiger partial charge in [-0.05, 0) is 26.7 Å². The number of hydrogen-bond donors (Lipinski definition) is 0. The maximum Gasteiger partial charge on any atom is 0.209 e. The standard InChI is InChI=1S/C14H30O4/c1-5-9-11-17-14(18-12-10-6-2)13(15-7-3)16-8-4/h13-14H,5-12H2,1-4H3. The summed E-state index contributed by atoms with van der Waals surface area (Å²) in [6.07, 6.45) is 3.43. The average molecular weight is 262 g/mol. The van der Waals surface area contributed by atoms with E-state index in [0.717, 1.165) is 25.7 Å². The lowest BCUT2D eigenvalue weighted by molar-refractivity contribution is -0.284. The van der Waals surface area contributed by atoms with E-state index in [2.05, 4.69) is 13.8 Å². The van der Waals surface area contributed by atoms with Crippen molar-refractivity contribution in [3.8, 4) is 0 Å². The van der Waals surface area contributed by atoms with Crippen molar-refractivity contribution >= 4 is 0 Å². The molecule has 0 saturated heterocycles. The molecule has 110 valence electrons. The van der Waals surface area contributed by atoms with Crippen molar-refractivity contribution in [1.29, 1.82) is 0 Å². The van der Waals surface area contributed by atoms with Gasteiger partial charge in [0.15, 0.2) is 0 Å². The maximum atomic E-state index is 5.72. The zero-order valence-electron chi connectivity index (χ0n) is 12.4. The SMILES string of the molecule is CCCCOC(OCCCC)C(OCC)OCC. The summed E-state index contributed by atoms with van der Waals surface area (Å²) in [5.41, 5.74) is 0. The molecule has 4 heteroatoms. The lowest BCUT2D eigenvalue weighted by Crippen LogP contribution is -2.37. The van der Waals surface area contributed by atoms with E-state index in [0.29, 0.717) is 26.4 Å². The average Bonchev–Trinajstić information content (AvgIpc) is 2.37. The van der Waals surface area contributed by atoms with Gasteiger partial charge in [0.1, 0.15) is 0 Å². The van der Waals surface area contributed by atoms with Gasteiger partial charge in [-0.3, -0.25) is 0 Å². The van der Waals surface area contributed by atoms with E-state index >= 15 is 0 Å². The summed E-state index contributed by atoms with van der Waals surface area (Å²) in [4.78, 5) is 0. The first-order valence-electron chi connectivity index (χ1n) is 7.26. The van der Waals surface area contributed by atoms with Gasteiger partial charge >= 0.3 is 0 Å². The number of rotatable bonds is 13. The van der Waals surface area contributed by atoms with Crippen LogP contribution in [0.4, 0.5) is 0 Å². The van der Waals surface area contributed by atoms with Crippen LogP contribution in [0.3, 0.4) is 0 Å². The highest BCUT2D eigenvalue weighted by Crippen LogP contribution is 2.10. The Bertz CT molecular complexity index is 148. The fourth-order valence-electron chi connectivity index (χ4n) is 1.43. The summed E-state index contributed by atoms with van der Waals surface area (Å²) < 4.78 is 22.5. The van der Waals surface area contributed by atoms with E-state index in [1.807, 2.05) is 13.8 Å². The molecule has 0 aliphatic carbocycles. The van der Waals surface area contributed by atoms with Crippen LogP contribution in [0.1, 0.15) is 53.4 Å². The fraction of sp³-hybridized carbons (Fsp3) is 1.00. The summed E-state index contributed by atoms with van der Waals surface area (Å²) in [5, 5.41) is 0. The second-order valence-corrected chi connectivity index (χ2v) is 4.10. The van der Waals surface area contributed by atoms with Gasteiger partial charge in [0.2, 0.25) is 12.6 Å². The van der Waals surface area contributed by atoms with Crippen LogP contribution >= 0.6 is 0 Å². The van der Waals surface area contributed by atoms with Gasteiger partial charge < -0.3 is 18.9 Å². The Labute approximate surface area is 112 Å². The van der Waals surface area contributed by atoms with Crippen LogP contribution in [0.15, 0.2) is 0 Å². The highest BCUT2D eigenvalue weighted by Gasteiger charge is 2.23. The molecule has 0 bridgehead atoms. The lowest BCUT2D eigenvalue weighted by Gasteiger charge is -2.26. The first-order chi connectivity index (χ1) is 8.79. The smallest absolute Gasteiger partial charge is 0.209 e. The molecule has 0 atom stereocenters. The summed E-state index contributed by atoms with van der Waals surface area (Å²) in [6, 6.07) is 0. The van der Waals surface area contributed by atoms with E-state index in [1.165, 1.54) is 0 Å². The zero-order chi connectivity index (χ0) is 13.6. The van der Waals surface area contributed by atoms with Gasteiger partial charge in [-0.15, -0.1) is 0 Å². The quantitative estimate of drug-likeness (QED) is 0.377. The molecule has 0 rings (SSSR count). The van der Waals surface area contributed by atoms with Gasteiger partial charge in [-0.25, -0.2) is 0 Å². The van der Waals surface area contributed by atoms with E-state index in [9.17, 15) is 0 Å². The summed E-state index contributed by atoms with van der Waals surface area (Å²) in [6.45, 7) is 10.7. The molecule has 0 heterocycles. The third-order valence-electron chi connectivity index (χ3n) is 2.44. The second kappa shape index (κ2) is 13.3. The van der Waals surface area contributed by atoms with E-state index < -0.39 is 12.6 Å². The van der Waals surface area contributed by atoms with Gasteiger partial charge in [0.25, 0.3) is 0 Å². The molecule has 0 aliphatic heterocycles. The van der Waals surface area contributed by atoms with Gasteiger partial charge in [-0.2, -0.15) is 0 Å². The largest absolute Gasteiger partial charge is 0.348 e. The summed E-state index contributed by atoms with van der Waals surface area (Å²) in [7, 11) is 0. The molecule has 18 heavy (non-hydrogen) atoms. The molecule has 0 aromatic heterocycles. The van der Waals surface area contributed by atoms with Crippen LogP contribution < -0.4 is 0 Å². The minimum atomic E-state index is -0.422. The monoisotopic (exact) mass is 262 g/mol. The molecule has 4 nitrogen and oxygen atoms in total. The van der Waals surface area contributed by atoms with Crippen LogP contribution in [0.2, 0.25) is 0 Å². The van der Waals surface area contributed by atoms with Crippen LogP contribution in [0, 0.1) is 0 Å². The molecule has 0 radical (unpaired) electrons. The van der Waals surface area contributed by atoms with Crippen molar-refractivity contribution < 1.29 is 18.9 Å². The molecule has 0 aromatic carbocycles. The first kappa shape index (κ1) is 17.8. The molecule has 0 unspecified atom stereocenters. The Morgan fingerprint density at radius 3 is 1.33 bits per heavy atom. The fourth-order valence-corrected chi connectivity index (χ4v) is 1.43. The van der Waals surface area contributed by atoms with Gasteiger partial charge in [0.05, 0.1) is 0 Å². The second-order valence-electron chi connectivity index (χ2n) is 4.10. The van der Waals surface area contributed by atoms with Gasteiger partial charge in [0, 0.05) is 26.4 Å². The van der Waals surface area contributed by atoms with Crippen molar-refractivity contribution in [2.45, 2.75) is 66.0 Å². The van der Waals surface area contributed by atoms with Crippen LogP contribution in [-0.2, 0) is 18.9 Å². The zero-order valence-corrected chi connectivity index (χ0v) is 12.4. The highest BCUT2D eigenvalue weighted by atomic mass is 16.8. The Morgan fingerprint density at radius 2 is 1.00 bits per heavy atom. The molecule has 0 fully saturated rings. The minimum absolute atomic E-state index is 0.414. The van der Waals surface area contributed by atoms with E-state index in [1.54, 1.807) is 0 Å². The Balaban J connectivity index is 4.18. The lowest BCUT2D eigenvalue weighted by atomic mass is 10.3. The predicted octanol–water partition coefficient (Wildman–Crippen LogP) is 3.35. The molecular weight excluding hydrogens is 232 g/mol.